The summed E-state index contributed by atoms with van der Waals surface area (Å²) in [5, 5.41) is 13.4. The number of hydrogen-bond donors (Lipinski definition) is 2. The quantitative estimate of drug-likeness (QED) is 0.644. The van der Waals surface area contributed by atoms with Gasteiger partial charge in [-0.15, -0.1) is 0 Å². The van der Waals surface area contributed by atoms with Crippen molar-refractivity contribution < 1.29 is 5.11 Å². The highest BCUT2D eigenvalue weighted by Gasteiger charge is 2.41. The molecular weight excluding hydrogens is 164 g/mol. The first-order chi connectivity index (χ1) is 5.98. The molecule has 1 aliphatic heterocycles. The highest BCUT2D eigenvalue weighted by atomic mass is 16.3. The van der Waals surface area contributed by atoms with Gasteiger partial charge in [-0.05, 0) is 26.9 Å². The van der Waals surface area contributed by atoms with Crippen molar-refractivity contribution in [1.82, 2.24) is 10.2 Å². The lowest BCUT2D eigenvalue weighted by molar-refractivity contribution is -0.0913. The lowest BCUT2D eigenvalue weighted by Crippen LogP contribution is -2.57. The fraction of sp³-hybridized carbons (Fsp3) is 1.00. The number of likely N-dealkylation sites (tertiary alicyclic amines) is 1. The second kappa shape index (κ2) is 3.95. The molecule has 3 atom stereocenters. The van der Waals surface area contributed by atoms with E-state index in [-0.39, 0.29) is 0 Å². The number of piperidine rings is 1. The molecule has 0 aromatic rings. The molecule has 1 rings (SSSR count). The molecule has 1 saturated heterocycles. The van der Waals surface area contributed by atoms with Gasteiger partial charge < -0.3 is 15.3 Å². The third-order valence-corrected chi connectivity index (χ3v) is 3.39. The zero-order valence-electron chi connectivity index (χ0n) is 9.17. The van der Waals surface area contributed by atoms with Crippen LogP contribution in [-0.2, 0) is 0 Å². The normalized spacial score (nSPS) is 42.2. The molecule has 3 heteroatoms. The summed E-state index contributed by atoms with van der Waals surface area (Å²) < 4.78 is 0. The molecule has 3 unspecified atom stereocenters. The Bertz CT molecular complexity index is 170. The summed E-state index contributed by atoms with van der Waals surface area (Å²) in [7, 11) is 4.06. The molecule has 1 aliphatic rings. The van der Waals surface area contributed by atoms with Crippen molar-refractivity contribution in [3.63, 3.8) is 0 Å². The Labute approximate surface area is 81.1 Å². The SMILES string of the molecule is CNCC1CN(C)CC(C)C1(C)O. The Hall–Kier alpha value is -0.120. The van der Waals surface area contributed by atoms with Crippen molar-refractivity contribution in [2.45, 2.75) is 19.4 Å². The summed E-state index contributed by atoms with van der Waals surface area (Å²) in [6, 6.07) is 0. The minimum absolute atomic E-state index is 0.339. The highest BCUT2D eigenvalue weighted by Crippen LogP contribution is 2.31. The molecule has 0 radical (unpaired) electrons. The van der Waals surface area contributed by atoms with Gasteiger partial charge in [-0.25, -0.2) is 0 Å². The smallest absolute Gasteiger partial charge is 0.0709 e. The monoisotopic (exact) mass is 186 g/mol. The van der Waals surface area contributed by atoms with Gasteiger partial charge in [0.25, 0.3) is 0 Å². The molecule has 0 aromatic carbocycles. The van der Waals surface area contributed by atoms with Gasteiger partial charge in [-0.1, -0.05) is 6.92 Å². The van der Waals surface area contributed by atoms with Crippen molar-refractivity contribution in [3.05, 3.63) is 0 Å². The topological polar surface area (TPSA) is 35.5 Å². The van der Waals surface area contributed by atoms with E-state index in [1.807, 2.05) is 14.0 Å². The van der Waals surface area contributed by atoms with E-state index in [4.69, 9.17) is 0 Å². The number of nitrogens with one attached hydrogen (secondary N) is 1. The van der Waals surface area contributed by atoms with Gasteiger partial charge in [-0.3, -0.25) is 0 Å². The van der Waals surface area contributed by atoms with Gasteiger partial charge in [0.1, 0.15) is 0 Å². The van der Waals surface area contributed by atoms with E-state index < -0.39 is 5.60 Å². The molecule has 1 fully saturated rings. The number of hydrogen-bond acceptors (Lipinski definition) is 3. The molecule has 2 N–H and O–H groups in total. The summed E-state index contributed by atoms with van der Waals surface area (Å²) in [6.07, 6.45) is 0. The summed E-state index contributed by atoms with van der Waals surface area (Å²) in [5.41, 5.74) is -0.518. The van der Waals surface area contributed by atoms with Crippen molar-refractivity contribution in [2.24, 2.45) is 11.8 Å². The number of nitrogens with zero attached hydrogens (tertiary/aromatic N) is 1. The maximum atomic E-state index is 10.3. The van der Waals surface area contributed by atoms with Gasteiger partial charge in [0.15, 0.2) is 0 Å². The minimum atomic E-state index is -0.518. The summed E-state index contributed by atoms with van der Waals surface area (Å²) >= 11 is 0. The van der Waals surface area contributed by atoms with Crippen LogP contribution in [0.25, 0.3) is 0 Å². The highest BCUT2D eigenvalue weighted by molar-refractivity contribution is 4.94. The Morgan fingerprint density at radius 2 is 2.15 bits per heavy atom. The Morgan fingerprint density at radius 1 is 1.54 bits per heavy atom. The Balaban J connectivity index is 2.67. The predicted octanol–water partition coefficient (Wildman–Crippen LogP) is 0.155. The molecular formula is C10H22N2O. The summed E-state index contributed by atoms with van der Waals surface area (Å²) in [4.78, 5) is 2.30. The molecule has 0 bridgehead atoms. The zero-order valence-corrected chi connectivity index (χ0v) is 9.17. The zero-order chi connectivity index (χ0) is 10.1. The van der Waals surface area contributed by atoms with Crippen molar-refractivity contribution in [3.8, 4) is 0 Å². The minimum Gasteiger partial charge on any atom is -0.389 e. The number of aliphatic hydroxyl groups is 1. The van der Waals surface area contributed by atoms with Gasteiger partial charge in [0.2, 0.25) is 0 Å². The van der Waals surface area contributed by atoms with Crippen LogP contribution in [0.5, 0.6) is 0 Å². The predicted molar refractivity (Wildman–Crippen MR) is 54.7 cm³/mol. The maximum absolute atomic E-state index is 10.3. The summed E-state index contributed by atoms with van der Waals surface area (Å²) in [6.45, 7) is 6.96. The van der Waals surface area contributed by atoms with Crippen molar-refractivity contribution in [2.75, 3.05) is 33.7 Å². The third-order valence-electron chi connectivity index (χ3n) is 3.39. The molecule has 0 saturated carbocycles. The van der Waals surface area contributed by atoms with E-state index in [2.05, 4.69) is 24.2 Å². The molecule has 13 heavy (non-hydrogen) atoms. The van der Waals surface area contributed by atoms with Crippen LogP contribution in [0.3, 0.4) is 0 Å². The second-order valence-corrected chi connectivity index (χ2v) is 4.60. The largest absolute Gasteiger partial charge is 0.389 e. The second-order valence-electron chi connectivity index (χ2n) is 4.60. The molecule has 0 spiro atoms. The van der Waals surface area contributed by atoms with Crippen LogP contribution in [0.15, 0.2) is 0 Å². The van der Waals surface area contributed by atoms with E-state index >= 15 is 0 Å². The van der Waals surface area contributed by atoms with Gasteiger partial charge >= 0.3 is 0 Å². The lowest BCUT2D eigenvalue weighted by atomic mass is 9.75. The van der Waals surface area contributed by atoms with E-state index in [0.29, 0.717) is 11.8 Å². The first-order valence-corrected chi connectivity index (χ1v) is 5.04. The van der Waals surface area contributed by atoms with E-state index in [9.17, 15) is 5.11 Å². The van der Waals surface area contributed by atoms with Crippen LogP contribution in [0, 0.1) is 11.8 Å². The van der Waals surface area contributed by atoms with Crippen LogP contribution in [0.1, 0.15) is 13.8 Å². The van der Waals surface area contributed by atoms with E-state index in [1.165, 1.54) is 0 Å². The Morgan fingerprint density at radius 3 is 2.69 bits per heavy atom. The number of rotatable bonds is 2. The van der Waals surface area contributed by atoms with Crippen LogP contribution < -0.4 is 5.32 Å². The third kappa shape index (κ3) is 2.22. The molecule has 78 valence electrons. The molecule has 1 heterocycles. The van der Waals surface area contributed by atoms with Crippen molar-refractivity contribution >= 4 is 0 Å². The fourth-order valence-corrected chi connectivity index (χ4v) is 2.21. The molecule has 3 nitrogen and oxygen atoms in total. The van der Waals surface area contributed by atoms with Crippen LogP contribution in [-0.4, -0.2) is 49.3 Å². The van der Waals surface area contributed by atoms with Crippen LogP contribution in [0.4, 0.5) is 0 Å². The average molecular weight is 186 g/mol. The van der Waals surface area contributed by atoms with Crippen LogP contribution in [0.2, 0.25) is 0 Å². The first kappa shape index (κ1) is 11.0. The van der Waals surface area contributed by atoms with E-state index in [1.54, 1.807) is 0 Å². The van der Waals surface area contributed by atoms with E-state index in [0.717, 1.165) is 19.6 Å². The van der Waals surface area contributed by atoms with Gasteiger partial charge in [0.05, 0.1) is 5.60 Å². The maximum Gasteiger partial charge on any atom is 0.0709 e. The average Bonchev–Trinajstić information content (AvgIpc) is 2.01. The molecule has 0 aliphatic carbocycles. The fourth-order valence-electron chi connectivity index (χ4n) is 2.21. The van der Waals surface area contributed by atoms with Gasteiger partial charge in [0, 0.05) is 25.6 Å². The first-order valence-electron chi connectivity index (χ1n) is 5.04. The lowest BCUT2D eigenvalue weighted by Gasteiger charge is -2.46. The standard InChI is InChI=1S/C10H22N2O/c1-8-6-12(4)7-9(5-11-3)10(8,2)13/h8-9,11,13H,5-7H2,1-4H3. The molecule has 0 amide bonds. The van der Waals surface area contributed by atoms with Crippen molar-refractivity contribution in [1.29, 1.82) is 0 Å². The Kier molecular flexibility index (Phi) is 3.33. The van der Waals surface area contributed by atoms with Gasteiger partial charge in [-0.2, -0.15) is 0 Å². The summed E-state index contributed by atoms with van der Waals surface area (Å²) in [5.74, 6) is 0.691. The molecule has 0 aromatic heterocycles. The van der Waals surface area contributed by atoms with Crippen LogP contribution >= 0.6 is 0 Å².